The van der Waals surface area contributed by atoms with Crippen LogP contribution in [-0.2, 0) is 11.2 Å². The summed E-state index contributed by atoms with van der Waals surface area (Å²) in [4.78, 5) is 28.8. The predicted octanol–water partition coefficient (Wildman–Crippen LogP) is 2.42. The van der Waals surface area contributed by atoms with Gasteiger partial charge in [-0.3, -0.25) is 9.59 Å². The van der Waals surface area contributed by atoms with Crippen molar-refractivity contribution in [3.8, 4) is 0 Å². The van der Waals surface area contributed by atoms with E-state index in [4.69, 9.17) is 0 Å². The Morgan fingerprint density at radius 1 is 1.15 bits per heavy atom. The van der Waals surface area contributed by atoms with Crippen LogP contribution in [0, 0.1) is 13.8 Å². The van der Waals surface area contributed by atoms with Gasteiger partial charge in [0, 0.05) is 23.5 Å². The lowest BCUT2D eigenvalue weighted by Gasteiger charge is -2.08. The summed E-state index contributed by atoms with van der Waals surface area (Å²) in [7, 11) is 0. The van der Waals surface area contributed by atoms with Crippen molar-refractivity contribution in [2.24, 2.45) is 0 Å². The molecule has 0 radical (unpaired) electrons. The number of fused-ring (bicyclic) bond motifs is 1. The van der Waals surface area contributed by atoms with E-state index in [0.29, 0.717) is 29.5 Å². The lowest BCUT2D eigenvalue weighted by molar-refractivity contribution is -0.120. The molecule has 2 amide bonds. The molecular weight excluding hydrogens is 342 g/mol. The monoisotopic (exact) mass is 363 g/mol. The number of carbonyl (C=O) groups excluding carboxylic acids is 2. The van der Waals surface area contributed by atoms with E-state index in [1.807, 2.05) is 32.0 Å². The van der Waals surface area contributed by atoms with Crippen LogP contribution in [0.3, 0.4) is 0 Å². The second-order valence-electron chi connectivity index (χ2n) is 7.01. The summed E-state index contributed by atoms with van der Waals surface area (Å²) in [6.45, 7) is 3.78. The van der Waals surface area contributed by atoms with Crippen LogP contribution in [0.1, 0.15) is 40.3 Å². The highest BCUT2D eigenvalue weighted by Crippen LogP contribution is 2.19. The molecule has 2 heterocycles. The Morgan fingerprint density at radius 2 is 1.89 bits per heavy atom. The number of aryl methyl sites for hydroxylation is 2. The Balaban J connectivity index is 1.43. The number of amides is 2. The van der Waals surface area contributed by atoms with Gasteiger partial charge in [0.2, 0.25) is 5.91 Å². The van der Waals surface area contributed by atoms with E-state index >= 15 is 0 Å². The Bertz CT molecular complexity index is 1020. The normalized spacial score (nSPS) is 13.6. The Labute approximate surface area is 156 Å². The van der Waals surface area contributed by atoms with Crippen molar-refractivity contribution in [3.63, 3.8) is 0 Å². The minimum absolute atomic E-state index is 0.0402. The standard InChI is InChI=1S/C20H21N5O2/c1-12-9-18-23-17(10-13(2)25(18)24-12)20(27)22-16-5-3-14(4-6-16)11-19(26)21-15-7-8-15/h3-6,9-10,15H,7-8,11H2,1-2H3,(H,21,26)(H,22,27). The first-order chi connectivity index (χ1) is 13.0. The van der Waals surface area contributed by atoms with Crippen molar-refractivity contribution in [1.29, 1.82) is 0 Å². The van der Waals surface area contributed by atoms with Crippen molar-refractivity contribution >= 4 is 23.1 Å². The molecule has 1 fully saturated rings. The molecule has 7 heteroatoms. The SMILES string of the molecule is Cc1cc2nc(C(=O)Nc3ccc(CC(=O)NC4CC4)cc3)cc(C)n2n1. The molecule has 4 rings (SSSR count). The number of hydrogen-bond acceptors (Lipinski definition) is 4. The van der Waals surface area contributed by atoms with E-state index in [1.165, 1.54) is 0 Å². The zero-order valence-corrected chi connectivity index (χ0v) is 15.3. The maximum Gasteiger partial charge on any atom is 0.274 e. The van der Waals surface area contributed by atoms with Gasteiger partial charge in [-0.1, -0.05) is 12.1 Å². The molecule has 0 saturated heterocycles. The van der Waals surface area contributed by atoms with Gasteiger partial charge in [-0.05, 0) is 50.5 Å². The molecule has 0 atom stereocenters. The van der Waals surface area contributed by atoms with E-state index in [9.17, 15) is 9.59 Å². The number of carbonyl (C=O) groups is 2. The number of benzene rings is 1. The lowest BCUT2D eigenvalue weighted by atomic mass is 10.1. The minimum atomic E-state index is -0.279. The number of aromatic nitrogens is 3. The van der Waals surface area contributed by atoms with Crippen LogP contribution in [0.4, 0.5) is 5.69 Å². The summed E-state index contributed by atoms with van der Waals surface area (Å²) in [5.74, 6) is -0.239. The van der Waals surface area contributed by atoms with E-state index in [2.05, 4.69) is 20.7 Å². The van der Waals surface area contributed by atoms with Gasteiger partial charge in [0.1, 0.15) is 5.69 Å². The predicted molar refractivity (Wildman–Crippen MR) is 102 cm³/mol. The largest absolute Gasteiger partial charge is 0.353 e. The van der Waals surface area contributed by atoms with Crippen LogP contribution in [0.15, 0.2) is 36.4 Å². The van der Waals surface area contributed by atoms with Crippen molar-refractivity contribution < 1.29 is 9.59 Å². The van der Waals surface area contributed by atoms with Crippen molar-refractivity contribution in [2.45, 2.75) is 39.2 Å². The fraction of sp³-hybridized carbons (Fsp3) is 0.300. The fourth-order valence-corrected chi connectivity index (χ4v) is 2.95. The zero-order valence-electron chi connectivity index (χ0n) is 15.3. The van der Waals surface area contributed by atoms with Crippen LogP contribution in [0.5, 0.6) is 0 Å². The van der Waals surface area contributed by atoms with Gasteiger partial charge in [0.15, 0.2) is 5.65 Å². The van der Waals surface area contributed by atoms with Crippen LogP contribution >= 0.6 is 0 Å². The average Bonchev–Trinajstić information content (AvgIpc) is 3.34. The van der Waals surface area contributed by atoms with E-state index < -0.39 is 0 Å². The molecule has 0 aliphatic heterocycles. The zero-order chi connectivity index (χ0) is 19.0. The second kappa shape index (κ2) is 6.83. The quantitative estimate of drug-likeness (QED) is 0.729. The van der Waals surface area contributed by atoms with Gasteiger partial charge in [-0.15, -0.1) is 0 Å². The molecule has 1 aliphatic carbocycles. The lowest BCUT2D eigenvalue weighted by Crippen LogP contribution is -2.26. The second-order valence-corrected chi connectivity index (χ2v) is 7.01. The summed E-state index contributed by atoms with van der Waals surface area (Å²) in [6, 6.07) is 11.2. The van der Waals surface area contributed by atoms with Crippen molar-refractivity contribution in [1.82, 2.24) is 19.9 Å². The highest BCUT2D eigenvalue weighted by atomic mass is 16.2. The average molecular weight is 363 g/mol. The molecule has 3 aromatic rings. The third kappa shape index (κ3) is 3.97. The number of nitrogens with zero attached hydrogens (tertiary/aromatic N) is 3. The fourth-order valence-electron chi connectivity index (χ4n) is 2.95. The van der Waals surface area contributed by atoms with Gasteiger partial charge >= 0.3 is 0 Å². The summed E-state index contributed by atoms with van der Waals surface area (Å²) in [6.07, 6.45) is 2.51. The van der Waals surface area contributed by atoms with Crippen molar-refractivity contribution in [2.75, 3.05) is 5.32 Å². The van der Waals surface area contributed by atoms with Gasteiger partial charge in [0.25, 0.3) is 5.91 Å². The third-order valence-corrected chi connectivity index (χ3v) is 4.48. The molecule has 27 heavy (non-hydrogen) atoms. The smallest absolute Gasteiger partial charge is 0.274 e. The summed E-state index contributed by atoms with van der Waals surface area (Å²) >= 11 is 0. The first-order valence-corrected chi connectivity index (χ1v) is 9.01. The van der Waals surface area contributed by atoms with Gasteiger partial charge in [-0.2, -0.15) is 5.10 Å². The molecular formula is C20H21N5O2. The molecule has 1 saturated carbocycles. The molecule has 2 N–H and O–H groups in total. The molecule has 2 aromatic heterocycles. The maximum atomic E-state index is 12.5. The summed E-state index contributed by atoms with van der Waals surface area (Å²) < 4.78 is 1.72. The van der Waals surface area contributed by atoms with E-state index in [-0.39, 0.29) is 11.8 Å². The first kappa shape index (κ1) is 17.2. The number of hydrogen-bond donors (Lipinski definition) is 2. The van der Waals surface area contributed by atoms with Crippen molar-refractivity contribution in [3.05, 3.63) is 59.0 Å². The number of anilines is 1. The summed E-state index contributed by atoms with van der Waals surface area (Å²) in [5, 5.41) is 10.2. The Hall–Kier alpha value is -3.22. The highest BCUT2D eigenvalue weighted by Gasteiger charge is 2.23. The number of rotatable bonds is 5. The van der Waals surface area contributed by atoms with Crippen LogP contribution in [-0.4, -0.2) is 32.5 Å². The topological polar surface area (TPSA) is 88.4 Å². The van der Waals surface area contributed by atoms with Gasteiger partial charge in [-0.25, -0.2) is 9.50 Å². The summed E-state index contributed by atoms with van der Waals surface area (Å²) in [5.41, 5.74) is 4.26. The Morgan fingerprint density at radius 3 is 2.59 bits per heavy atom. The molecule has 1 aliphatic rings. The molecule has 0 spiro atoms. The first-order valence-electron chi connectivity index (χ1n) is 9.01. The minimum Gasteiger partial charge on any atom is -0.353 e. The third-order valence-electron chi connectivity index (χ3n) is 4.48. The number of nitrogens with one attached hydrogen (secondary N) is 2. The Kier molecular flexibility index (Phi) is 4.35. The molecule has 0 bridgehead atoms. The highest BCUT2D eigenvalue weighted by molar-refractivity contribution is 6.03. The van der Waals surface area contributed by atoms with Crippen LogP contribution < -0.4 is 10.6 Å². The van der Waals surface area contributed by atoms with Gasteiger partial charge < -0.3 is 10.6 Å². The molecule has 7 nitrogen and oxygen atoms in total. The van der Waals surface area contributed by atoms with Crippen LogP contribution in [0.25, 0.3) is 5.65 Å². The molecule has 1 aromatic carbocycles. The molecule has 0 unspecified atom stereocenters. The maximum absolute atomic E-state index is 12.5. The van der Waals surface area contributed by atoms with E-state index in [1.54, 1.807) is 22.7 Å². The molecule has 138 valence electrons. The van der Waals surface area contributed by atoms with E-state index in [0.717, 1.165) is 29.8 Å². The van der Waals surface area contributed by atoms with Gasteiger partial charge in [0.05, 0.1) is 12.1 Å². The van der Waals surface area contributed by atoms with Crippen LogP contribution in [0.2, 0.25) is 0 Å².